The number of ether oxygens (including phenoxy) is 2. The molecule has 17 heavy (non-hydrogen) atoms. The summed E-state index contributed by atoms with van der Waals surface area (Å²) in [5, 5.41) is 9.12. The lowest BCUT2D eigenvalue weighted by Crippen LogP contribution is -2.53. The molecule has 1 saturated heterocycles. The van der Waals surface area contributed by atoms with Gasteiger partial charge < -0.3 is 23.4 Å². The molecular weight excluding hydrogens is 240 g/mol. The summed E-state index contributed by atoms with van der Waals surface area (Å²) in [6.07, 6.45) is 0.771. The van der Waals surface area contributed by atoms with Crippen molar-refractivity contribution >= 4 is 8.56 Å². The highest BCUT2D eigenvalue weighted by atomic mass is 28.4. The van der Waals surface area contributed by atoms with E-state index in [4.69, 9.17) is 23.4 Å². The second-order valence-electron chi connectivity index (χ2n) is 4.17. The highest BCUT2D eigenvalue weighted by molar-refractivity contribution is 6.67. The smallest absolute Gasteiger partial charge is 0.364 e. The van der Waals surface area contributed by atoms with Crippen molar-refractivity contribution in [2.45, 2.75) is 38.6 Å². The fourth-order valence-electron chi connectivity index (χ4n) is 1.80. The van der Waals surface area contributed by atoms with E-state index < -0.39 is 8.56 Å². The van der Waals surface area contributed by atoms with Crippen LogP contribution in [0.25, 0.3) is 0 Å². The van der Waals surface area contributed by atoms with Crippen LogP contribution in [0.3, 0.4) is 0 Å². The van der Waals surface area contributed by atoms with Gasteiger partial charge in [0.05, 0.1) is 13.2 Å². The van der Waals surface area contributed by atoms with Crippen LogP contribution in [0, 0.1) is 0 Å². The molecule has 1 aliphatic heterocycles. The van der Waals surface area contributed by atoms with E-state index in [2.05, 4.69) is 0 Å². The highest BCUT2D eigenvalue weighted by Crippen LogP contribution is 2.21. The molecule has 0 aromatic carbocycles. The molecule has 1 fully saturated rings. The maximum Gasteiger partial charge on any atom is 0.364 e. The monoisotopic (exact) mass is 264 g/mol. The third-order valence-electron chi connectivity index (χ3n) is 2.72. The minimum atomic E-state index is -2.38. The third-order valence-corrected chi connectivity index (χ3v) is 6.07. The number of hydrogen-bond donors (Lipinski definition) is 1. The number of aliphatic hydroxyl groups excluding tert-OH is 1. The number of aliphatic hydroxyl groups is 1. The average Bonchev–Trinajstić information content (AvgIpc) is 3.08. The molecule has 0 aromatic rings. The van der Waals surface area contributed by atoms with Crippen molar-refractivity contribution in [2.75, 3.05) is 33.0 Å². The van der Waals surface area contributed by atoms with Gasteiger partial charge in [-0.3, -0.25) is 0 Å². The van der Waals surface area contributed by atoms with E-state index in [9.17, 15) is 0 Å². The average molecular weight is 264 g/mol. The molecule has 0 radical (unpaired) electrons. The van der Waals surface area contributed by atoms with E-state index in [0.717, 1.165) is 6.61 Å². The molecule has 0 aliphatic carbocycles. The standard InChI is InChI=1S/C11H24O5Si/c1-4-15-17(3,16-5-2)11(6-7-12)14-9-10-8-13-10/h10-12H,4-9H2,1-3H3. The molecule has 2 unspecified atom stereocenters. The second-order valence-corrected chi connectivity index (χ2v) is 7.42. The number of rotatable bonds is 10. The Morgan fingerprint density at radius 2 is 1.94 bits per heavy atom. The van der Waals surface area contributed by atoms with Crippen molar-refractivity contribution in [2.24, 2.45) is 0 Å². The van der Waals surface area contributed by atoms with Gasteiger partial charge in [0, 0.05) is 19.8 Å². The molecule has 1 rings (SSSR count). The lowest BCUT2D eigenvalue weighted by atomic mass is 10.5. The topological polar surface area (TPSA) is 60.5 Å². The Morgan fingerprint density at radius 3 is 2.35 bits per heavy atom. The normalized spacial score (nSPS) is 21.5. The van der Waals surface area contributed by atoms with Crippen LogP contribution in [-0.2, 0) is 18.3 Å². The fourth-order valence-corrected chi connectivity index (χ4v) is 4.46. The summed E-state index contributed by atoms with van der Waals surface area (Å²) < 4.78 is 22.5. The van der Waals surface area contributed by atoms with Crippen molar-refractivity contribution in [1.29, 1.82) is 0 Å². The Kier molecular flexibility index (Phi) is 6.61. The van der Waals surface area contributed by atoms with Gasteiger partial charge in [-0.05, 0) is 26.8 Å². The molecular formula is C11H24O5Si. The van der Waals surface area contributed by atoms with Crippen LogP contribution in [-0.4, -0.2) is 58.5 Å². The van der Waals surface area contributed by atoms with E-state index in [1.54, 1.807) is 0 Å². The van der Waals surface area contributed by atoms with Gasteiger partial charge in [-0.15, -0.1) is 0 Å². The molecule has 0 spiro atoms. The maximum atomic E-state index is 9.12. The molecule has 2 atom stereocenters. The van der Waals surface area contributed by atoms with Gasteiger partial charge in [-0.2, -0.15) is 0 Å². The molecule has 5 nitrogen and oxygen atoms in total. The van der Waals surface area contributed by atoms with Crippen molar-refractivity contribution in [1.82, 2.24) is 0 Å². The van der Waals surface area contributed by atoms with E-state index in [-0.39, 0.29) is 18.4 Å². The Hall–Kier alpha value is 0.0169. The summed E-state index contributed by atoms with van der Waals surface area (Å²) in [7, 11) is -2.38. The first-order valence-electron chi connectivity index (χ1n) is 6.28. The second kappa shape index (κ2) is 7.45. The lowest BCUT2D eigenvalue weighted by Gasteiger charge is -2.33. The fraction of sp³-hybridized carbons (Fsp3) is 1.00. The van der Waals surface area contributed by atoms with Crippen molar-refractivity contribution in [3.63, 3.8) is 0 Å². The van der Waals surface area contributed by atoms with Gasteiger partial charge in [-0.25, -0.2) is 0 Å². The molecule has 1 aliphatic rings. The van der Waals surface area contributed by atoms with Gasteiger partial charge in [-0.1, -0.05) is 0 Å². The summed E-state index contributed by atoms with van der Waals surface area (Å²) in [5.74, 6) is 0. The summed E-state index contributed by atoms with van der Waals surface area (Å²) >= 11 is 0. The molecule has 0 aromatic heterocycles. The van der Waals surface area contributed by atoms with Gasteiger partial charge >= 0.3 is 8.56 Å². The van der Waals surface area contributed by atoms with Gasteiger partial charge in [0.2, 0.25) is 0 Å². The van der Waals surface area contributed by atoms with E-state index in [1.807, 2.05) is 20.4 Å². The summed E-state index contributed by atoms with van der Waals surface area (Å²) in [6.45, 7) is 8.52. The maximum absolute atomic E-state index is 9.12. The van der Waals surface area contributed by atoms with Gasteiger partial charge in [0.15, 0.2) is 0 Å². The minimum absolute atomic E-state index is 0.0823. The van der Waals surface area contributed by atoms with Crippen LogP contribution in [0.15, 0.2) is 0 Å². The SMILES string of the molecule is CCO[Si](C)(OCC)C(CCO)OCC1CO1. The Bertz CT molecular complexity index is 204. The highest BCUT2D eigenvalue weighted by Gasteiger charge is 2.42. The first-order chi connectivity index (χ1) is 8.16. The van der Waals surface area contributed by atoms with Crippen LogP contribution < -0.4 is 0 Å². The summed E-state index contributed by atoms with van der Waals surface area (Å²) in [5.41, 5.74) is -0.142. The molecule has 6 heteroatoms. The molecule has 102 valence electrons. The van der Waals surface area contributed by atoms with E-state index in [0.29, 0.717) is 26.2 Å². The van der Waals surface area contributed by atoms with Crippen LogP contribution >= 0.6 is 0 Å². The van der Waals surface area contributed by atoms with E-state index >= 15 is 0 Å². The predicted octanol–water partition coefficient (Wildman–Crippen LogP) is 0.837. The summed E-state index contributed by atoms with van der Waals surface area (Å²) in [6, 6.07) is 0. The molecule has 0 saturated carbocycles. The zero-order valence-corrected chi connectivity index (χ0v) is 12.0. The van der Waals surface area contributed by atoms with Crippen LogP contribution in [0.5, 0.6) is 0 Å². The Balaban J connectivity index is 2.53. The Morgan fingerprint density at radius 1 is 1.35 bits per heavy atom. The molecule has 1 heterocycles. The minimum Gasteiger partial charge on any atom is -0.396 e. The number of hydrogen-bond acceptors (Lipinski definition) is 5. The van der Waals surface area contributed by atoms with Crippen LogP contribution in [0.1, 0.15) is 20.3 Å². The zero-order valence-electron chi connectivity index (χ0n) is 11.0. The summed E-state index contributed by atoms with van der Waals surface area (Å²) in [4.78, 5) is 0. The quantitative estimate of drug-likeness (QED) is 0.468. The Labute approximate surface area is 104 Å². The zero-order chi connectivity index (χ0) is 12.7. The third kappa shape index (κ3) is 5.03. The van der Waals surface area contributed by atoms with Crippen molar-refractivity contribution < 1.29 is 23.4 Å². The molecule has 0 bridgehead atoms. The first-order valence-corrected chi connectivity index (χ1v) is 8.67. The molecule has 1 N–H and O–H groups in total. The molecule has 0 amide bonds. The van der Waals surface area contributed by atoms with Crippen molar-refractivity contribution in [3.8, 4) is 0 Å². The van der Waals surface area contributed by atoms with Gasteiger partial charge in [0.25, 0.3) is 0 Å². The number of epoxide rings is 1. The first kappa shape index (κ1) is 15.1. The van der Waals surface area contributed by atoms with Crippen LogP contribution in [0.2, 0.25) is 6.55 Å². The largest absolute Gasteiger partial charge is 0.396 e. The lowest BCUT2D eigenvalue weighted by molar-refractivity contribution is 0.0282. The van der Waals surface area contributed by atoms with Crippen molar-refractivity contribution in [3.05, 3.63) is 0 Å². The predicted molar refractivity (Wildman–Crippen MR) is 66.1 cm³/mol. The van der Waals surface area contributed by atoms with E-state index in [1.165, 1.54) is 0 Å². The van der Waals surface area contributed by atoms with Crippen LogP contribution in [0.4, 0.5) is 0 Å². The van der Waals surface area contributed by atoms with Gasteiger partial charge in [0.1, 0.15) is 11.8 Å².